The van der Waals surface area contributed by atoms with Crippen molar-refractivity contribution in [3.63, 3.8) is 0 Å². The van der Waals surface area contributed by atoms with Crippen molar-refractivity contribution in [2.24, 2.45) is 10.2 Å². The van der Waals surface area contributed by atoms with Crippen molar-refractivity contribution >= 4 is 45.8 Å². The first kappa shape index (κ1) is 22.3. The molecule has 168 valence electrons. The van der Waals surface area contributed by atoms with Gasteiger partial charge in [-0.15, -0.1) is 5.10 Å². The average molecular weight is 463 g/mol. The van der Waals surface area contributed by atoms with Crippen LogP contribution in [0.3, 0.4) is 0 Å². The minimum absolute atomic E-state index is 0.240. The second kappa shape index (κ2) is 10.2. The molecule has 0 unspecified atom stereocenters. The van der Waals surface area contributed by atoms with E-state index >= 15 is 0 Å². The van der Waals surface area contributed by atoms with Gasteiger partial charge in [-0.05, 0) is 40.1 Å². The molecule has 1 atom stereocenters. The lowest BCUT2D eigenvalue weighted by Crippen LogP contribution is -2.31. The number of thioether (sulfide) groups is 1. The lowest BCUT2D eigenvalue weighted by Gasteiger charge is -2.12. The molecule has 33 heavy (non-hydrogen) atoms. The Morgan fingerprint density at radius 2 is 1.97 bits per heavy atom. The highest BCUT2D eigenvalue weighted by molar-refractivity contribution is 8.15. The van der Waals surface area contributed by atoms with E-state index < -0.39 is 17.1 Å². The molecule has 1 aliphatic rings. The van der Waals surface area contributed by atoms with Crippen molar-refractivity contribution in [1.29, 1.82) is 0 Å². The molecule has 1 N–H and O–H groups in total. The zero-order chi connectivity index (χ0) is 23.2. The van der Waals surface area contributed by atoms with Crippen LogP contribution in [0.1, 0.15) is 17.5 Å². The number of methoxy groups -OCH3 is 1. The quantitative estimate of drug-likeness (QED) is 0.407. The third kappa shape index (κ3) is 5.50. The van der Waals surface area contributed by atoms with Crippen LogP contribution >= 0.6 is 11.8 Å². The van der Waals surface area contributed by atoms with Crippen molar-refractivity contribution < 1.29 is 24.2 Å². The summed E-state index contributed by atoms with van der Waals surface area (Å²) >= 11 is 1.01. The van der Waals surface area contributed by atoms with Gasteiger partial charge in [0.2, 0.25) is 5.91 Å². The normalized spacial score (nSPS) is 16.9. The smallest absolute Gasteiger partial charge is 0.239 e. The van der Waals surface area contributed by atoms with E-state index in [9.17, 15) is 14.7 Å². The van der Waals surface area contributed by atoms with E-state index in [-0.39, 0.29) is 11.6 Å². The molecule has 0 saturated carbocycles. The summed E-state index contributed by atoms with van der Waals surface area (Å²) in [5.74, 6) is -0.572. The van der Waals surface area contributed by atoms with Gasteiger partial charge in [0.05, 0.1) is 18.6 Å². The van der Waals surface area contributed by atoms with Crippen molar-refractivity contribution in [3.8, 4) is 11.5 Å². The molecule has 3 aromatic rings. The highest BCUT2D eigenvalue weighted by Crippen LogP contribution is 2.29. The number of carboxylic acid groups (broad SMARTS) is 1. The summed E-state index contributed by atoms with van der Waals surface area (Å²) in [4.78, 5) is 22.4. The summed E-state index contributed by atoms with van der Waals surface area (Å²) in [6.07, 6.45) is 1.12. The van der Waals surface area contributed by atoms with Crippen LogP contribution in [-0.4, -0.2) is 35.6 Å². The second-order valence-corrected chi connectivity index (χ2v) is 8.35. The molecule has 1 saturated heterocycles. The Hall–Kier alpha value is -3.85. The molecule has 1 amide bonds. The summed E-state index contributed by atoms with van der Waals surface area (Å²) < 4.78 is 11.5. The maximum absolute atomic E-state index is 11.7. The molecule has 0 spiro atoms. The van der Waals surface area contributed by atoms with Crippen LogP contribution in [-0.2, 0) is 16.2 Å². The third-order valence-electron chi connectivity index (χ3n) is 4.93. The molecule has 1 aliphatic heterocycles. The van der Waals surface area contributed by atoms with E-state index in [4.69, 9.17) is 9.47 Å². The van der Waals surface area contributed by atoms with E-state index in [1.807, 2.05) is 30.3 Å². The number of ether oxygens (including phenoxy) is 2. The summed E-state index contributed by atoms with van der Waals surface area (Å²) in [6, 6.07) is 19.6. The van der Waals surface area contributed by atoms with E-state index in [1.165, 1.54) is 6.21 Å². The Bertz CT molecular complexity index is 1250. The average Bonchev–Trinajstić information content (AvgIpc) is 3.16. The van der Waals surface area contributed by atoms with Gasteiger partial charge in [-0.25, -0.2) is 0 Å². The number of amidine groups is 1. The van der Waals surface area contributed by atoms with Gasteiger partial charge in [0, 0.05) is 12.4 Å². The Labute approximate surface area is 194 Å². The standard InChI is InChI=1S/C24H21N3O5S/c1-31-20-11-15(13-25-27-24-26-23(30)21(33-24)12-22(28)29)9-10-19(20)32-14-17-7-4-6-16-5-2-3-8-18(16)17/h2-11,13,21H,12,14H2,1H3,(H,28,29)(H,26,27,30)/p-1/b25-13-/t21-/m0/s1. The fourth-order valence-corrected chi connectivity index (χ4v) is 4.25. The number of rotatable bonds is 8. The van der Waals surface area contributed by atoms with Crippen LogP contribution in [0.25, 0.3) is 10.8 Å². The maximum Gasteiger partial charge on any atom is 0.239 e. The van der Waals surface area contributed by atoms with Crippen molar-refractivity contribution in [2.45, 2.75) is 18.3 Å². The van der Waals surface area contributed by atoms with Gasteiger partial charge >= 0.3 is 0 Å². The van der Waals surface area contributed by atoms with E-state index in [0.29, 0.717) is 23.7 Å². The minimum Gasteiger partial charge on any atom is -0.550 e. The summed E-state index contributed by atoms with van der Waals surface area (Å²) in [5.41, 5.74) is 1.79. The van der Waals surface area contributed by atoms with E-state index in [0.717, 1.165) is 28.1 Å². The Morgan fingerprint density at radius 1 is 1.15 bits per heavy atom. The first-order chi connectivity index (χ1) is 16.0. The molecule has 1 heterocycles. The van der Waals surface area contributed by atoms with E-state index in [1.54, 1.807) is 19.2 Å². The largest absolute Gasteiger partial charge is 0.550 e. The van der Waals surface area contributed by atoms with Crippen LogP contribution in [0, 0.1) is 0 Å². The summed E-state index contributed by atoms with van der Waals surface area (Å²) in [5, 5.41) is 22.9. The fourth-order valence-electron chi connectivity index (χ4n) is 3.34. The zero-order valence-corrected chi connectivity index (χ0v) is 18.5. The number of amides is 1. The molecule has 1 fully saturated rings. The van der Waals surface area contributed by atoms with Gasteiger partial charge in [0.25, 0.3) is 0 Å². The van der Waals surface area contributed by atoms with Gasteiger partial charge in [-0.1, -0.05) is 54.2 Å². The molecular formula is C24H20N3O5S-. The highest BCUT2D eigenvalue weighted by Gasteiger charge is 2.30. The number of carbonyl (C=O) groups is 2. The maximum atomic E-state index is 11.7. The number of hydrogen-bond acceptors (Lipinski definition) is 8. The number of fused-ring (bicyclic) bond motifs is 1. The predicted octanol–water partition coefficient (Wildman–Crippen LogP) is 2.49. The summed E-state index contributed by atoms with van der Waals surface area (Å²) in [6.45, 7) is 0.392. The Balaban J connectivity index is 1.42. The van der Waals surface area contributed by atoms with Crippen molar-refractivity contribution in [3.05, 3.63) is 71.8 Å². The lowest BCUT2D eigenvalue weighted by atomic mass is 10.1. The van der Waals surface area contributed by atoms with Gasteiger partial charge in [0.15, 0.2) is 16.7 Å². The van der Waals surface area contributed by atoms with Crippen LogP contribution in [0.2, 0.25) is 0 Å². The highest BCUT2D eigenvalue weighted by atomic mass is 32.2. The van der Waals surface area contributed by atoms with Gasteiger partial charge in [-0.2, -0.15) is 5.10 Å². The Morgan fingerprint density at radius 3 is 2.79 bits per heavy atom. The number of hydrogen-bond donors (Lipinski definition) is 1. The van der Waals surface area contributed by atoms with E-state index in [2.05, 4.69) is 33.7 Å². The van der Waals surface area contributed by atoms with Crippen LogP contribution < -0.4 is 19.9 Å². The van der Waals surface area contributed by atoms with Crippen LogP contribution in [0.5, 0.6) is 11.5 Å². The van der Waals surface area contributed by atoms with Gasteiger partial charge < -0.3 is 24.7 Å². The molecule has 0 aromatic heterocycles. The number of nitrogens with one attached hydrogen (secondary N) is 1. The predicted molar refractivity (Wildman–Crippen MR) is 125 cm³/mol. The molecule has 3 aromatic carbocycles. The number of aliphatic carboxylic acids is 1. The first-order valence-electron chi connectivity index (χ1n) is 10.1. The molecule has 9 heteroatoms. The summed E-state index contributed by atoms with van der Waals surface area (Å²) in [7, 11) is 1.56. The van der Waals surface area contributed by atoms with Gasteiger partial charge in [0.1, 0.15) is 6.61 Å². The number of nitrogens with zero attached hydrogens (tertiary/aromatic N) is 2. The second-order valence-electron chi connectivity index (χ2n) is 7.16. The number of benzene rings is 3. The molecule has 4 rings (SSSR count). The monoisotopic (exact) mass is 462 g/mol. The third-order valence-corrected chi connectivity index (χ3v) is 6.01. The van der Waals surface area contributed by atoms with Crippen LogP contribution in [0.15, 0.2) is 70.9 Å². The molecule has 0 bridgehead atoms. The molecule has 0 radical (unpaired) electrons. The van der Waals surface area contributed by atoms with Crippen molar-refractivity contribution in [2.75, 3.05) is 7.11 Å². The van der Waals surface area contributed by atoms with Crippen LogP contribution in [0.4, 0.5) is 0 Å². The van der Waals surface area contributed by atoms with Gasteiger partial charge in [-0.3, -0.25) is 4.79 Å². The molecular weight excluding hydrogens is 442 g/mol. The van der Waals surface area contributed by atoms with Crippen molar-refractivity contribution in [1.82, 2.24) is 5.32 Å². The minimum atomic E-state index is -1.29. The lowest BCUT2D eigenvalue weighted by molar-refractivity contribution is -0.305. The number of carboxylic acids is 1. The Kier molecular flexibility index (Phi) is 6.89. The molecule has 0 aliphatic carbocycles. The fraction of sp³-hybridized carbons (Fsp3) is 0.167. The zero-order valence-electron chi connectivity index (χ0n) is 17.7. The topological polar surface area (TPSA) is 112 Å². The first-order valence-corrected chi connectivity index (χ1v) is 11.0. The molecule has 8 nitrogen and oxygen atoms in total. The number of carbonyl (C=O) groups excluding carboxylic acids is 2. The SMILES string of the molecule is COc1cc(/C=N\N=C2\NC(=O)[C@H](CC(=O)[O-])S2)ccc1OCc1cccc2ccccc12.